The van der Waals surface area contributed by atoms with Gasteiger partial charge >= 0.3 is 0 Å². The lowest BCUT2D eigenvalue weighted by Gasteiger charge is -2.17. The van der Waals surface area contributed by atoms with Crippen LogP contribution in [0.4, 0.5) is 0 Å². The van der Waals surface area contributed by atoms with Gasteiger partial charge in [-0.1, -0.05) is 30.3 Å². The van der Waals surface area contributed by atoms with Gasteiger partial charge in [-0.05, 0) is 25.3 Å². The summed E-state index contributed by atoms with van der Waals surface area (Å²) >= 11 is 0. The van der Waals surface area contributed by atoms with Crippen LogP contribution in [0, 0.1) is 12.8 Å². The predicted molar refractivity (Wildman–Crippen MR) is 95.0 cm³/mol. The molecule has 1 amide bonds. The Morgan fingerprint density at radius 1 is 1.28 bits per heavy atom. The van der Waals surface area contributed by atoms with Crippen molar-refractivity contribution in [2.75, 3.05) is 13.1 Å². The summed E-state index contributed by atoms with van der Waals surface area (Å²) in [6.07, 6.45) is 4.54. The number of aryl methyl sites for hydroxylation is 1. The number of H-pyrrole nitrogens is 1. The maximum atomic E-state index is 12.4. The van der Waals surface area contributed by atoms with E-state index in [0.29, 0.717) is 11.6 Å². The zero-order chi connectivity index (χ0) is 17.2. The average Bonchev–Trinajstić information content (AvgIpc) is 3.38. The lowest BCUT2D eigenvalue weighted by atomic mass is 10.1. The molecule has 1 aromatic carbocycles. The van der Waals surface area contributed by atoms with Gasteiger partial charge in [-0.2, -0.15) is 5.10 Å². The van der Waals surface area contributed by atoms with E-state index in [2.05, 4.69) is 38.8 Å². The first-order valence-corrected chi connectivity index (χ1v) is 8.58. The van der Waals surface area contributed by atoms with E-state index in [1.807, 2.05) is 29.3 Å². The summed E-state index contributed by atoms with van der Waals surface area (Å²) in [5.41, 5.74) is 2.83. The number of aromatic nitrogens is 4. The SMILES string of the molecule is Cc1cnc(-c2ccccc2)n1CC1CCN(C(=O)c2ccn[nH]2)C1. The lowest BCUT2D eigenvalue weighted by Crippen LogP contribution is -2.29. The molecule has 0 radical (unpaired) electrons. The number of benzene rings is 1. The van der Waals surface area contributed by atoms with Crippen molar-refractivity contribution < 1.29 is 4.79 Å². The number of hydrogen-bond acceptors (Lipinski definition) is 3. The third-order valence-electron chi connectivity index (χ3n) is 4.83. The Kier molecular flexibility index (Phi) is 4.09. The highest BCUT2D eigenvalue weighted by molar-refractivity contribution is 5.92. The zero-order valence-corrected chi connectivity index (χ0v) is 14.2. The van der Waals surface area contributed by atoms with Crippen LogP contribution in [0.15, 0.2) is 48.8 Å². The normalized spacial score (nSPS) is 17.2. The zero-order valence-electron chi connectivity index (χ0n) is 14.2. The molecule has 128 valence electrons. The highest BCUT2D eigenvalue weighted by atomic mass is 16.2. The number of imidazole rings is 1. The van der Waals surface area contributed by atoms with Gasteiger partial charge in [0.25, 0.3) is 5.91 Å². The van der Waals surface area contributed by atoms with Crippen molar-refractivity contribution in [3.63, 3.8) is 0 Å². The average molecular weight is 335 g/mol. The Labute approximate surface area is 146 Å². The summed E-state index contributed by atoms with van der Waals surface area (Å²) in [7, 11) is 0. The second-order valence-corrected chi connectivity index (χ2v) is 6.58. The number of nitrogens with one attached hydrogen (secondary N) is 1. The maximum absolute atomic E-state index is 12.4. The molecule has 1 unspecified atom stereocenters. The molecule has 4 rings (SSSR count). The predicted octanol–water partition coefficient (Wildman–Crippen LogP) is 2.74. The van der Waals surface area contributed by atoms with Crippen molar-refractivity contribution in [2.45, 2.75) is 19.9 Å². The molecule has 3 heterocycles. The van der Waals surface area contributed by atoms with Gasteiger partial charge in [-0.3, -0.25) is 9.89 Å². The van der Waals surface area contributed by atoms with Gasteiger partial charge in [0.05, 0.1) is 0 Å². The van der Waals surface area contributed by atoms with Gasteiger partial charge in [0, 0.05) is 43.3 Å². The molecule has 0 spiro atoms. The molecule has 6 heteroatoms. The lowest BCUT2D eigenvalue weighted by molar-refractivity contribution is 0.0780. The fraction of sp³-hybridized carbons (Fsp3) is 0.316. The van der Waals surface area contributed by atoms with Gasteiger partial charge in [-0.25, -0.2) is 4.98 Å². The molecule has 0 aliphatic carbocycles. The van der Waals surface area contributed by atoms with Crippen LogP contribution in [-0.2, 0) is 6.54 Å². The number of carbonyl (C=O) groups is 1. The number of nitrogens with zero attached hydrogens (tertiary/aromatic N) is 4. The van der Waals surface area contributed by atoms with E-state index in [1.54, 1.807) is 12.3 Å². The quantitative estimate of drug-likeness (QED) is 0.797. The Morgan fingerprint density at radius 3 is 2.88 bits per heavy atom. The molecule has 3 aromatic rings. The molecule has 1 atom stereocenters. The Bertz CT molecular complexity index is 853. The van der Waals surface area contributed by atoms with Crippen molar-refractivity contribution in [3.8, 4) is 11.4 Å². The van der Waals surface area contributed by atoms with Crippen LogP contribution in [-0.4, -0.2) is 43.6 Å². The van der Waals surface area contributed by atoms with Crippen LogP contribution in [0.5, 0.6) is 0 Å². The van der Waals surface area contributed by atoms with E-state index in [4.69, 9.17) is 0 Å². The molecule has 1 aliphatic heterocycles. The summed E-state index contributed by atoms with van der Waals surface area (Å²) in [5, 5.41) is 6.62. The van der Waals surface area contributed by atoms with Crippen molar-refractivity contribution in [1.29, 1.82) is 0 Å². The van der Waals surface area contributed by atoms with E-state index in [9.17, 15) is 4.79 Å². The van der Waals surface area contributed by atoms with Gasteiger partial charge in [0.1, 0.15) is 11.5 Å². The number of rotatable bonds is 4. The van der Waals surface area contributed by atoms with Gasteiger partial charge in [0.15, 0.2) is 0 Å². The van der Waals surface area contributed by atoms with Crippen molar-refractivity contribution in [3.05, 3.63) is 60.2 Å². The van der Waals surface area contributed by atoms with E-state index < -0.39 is 0 Å². The van der Waals surface area contributed by atoms with E-state index in [-0.39, 0.29) is 5.91 Å². The third-order valence-corrected chi connectivity index (χ3v) is 4.83. The Morgan fingerprint density at radius 2 is 2.12 bits per heavy atom. The van der Waals surface area contributed by atoms with Gasteiger partial charge < -0.3 is 9.47 Å². The fourth-order valence-corrected chi connectivity index (χ4v) is 3.48. The van der Waals surface area contributed by atoms with Crippen LogP contribution in [0.1, 0.15) is 22.6 Å². The highest BCUT2D eigenvalue weighted by Crippen LogP contribution is 2.25. The third kappa shape index (κ3) is 3.07. The van der Waals surface area contributed by atoms with E-state index >= 15 is 0 Å². The minimum atomic E-state index is 0.0330. The summed E-state index contributed by atoms with van der Waals surface area (Å²) in [6.45, 7) is 4.52. The van der Waals surface area contributed by atoms with Crippen LogP contribution >= 0.6 is 0 Å². The molecule has 1 N–H and O–H groups in total. The van der Waals surface area contributed by atoms with Crippen LogP contribution in [0.25, 0.3) is 11.4 Å². The molecule has 1 aliphatic rings. The molecule has 0 bridgehead atoms. The number of carbonyl (C=O) groups excluding carboxylic acids is 1. The summed E-state index contributed by atoms with van der Waals surface area (Å²) in [4.78, 5) is 18.9. The monoisotopic (exact) mass is 335 g/mol. The van der Waals surface area contributed by atoms with Crippen molar-refractivity contribution >= 4 is 5.91 Å². The number of likely N-dealkylation sites (tertiary alicyclic amines) is 1. The molecule has 1 saturated heterocycles. The summed E-state index contributed by atoms with van der Waals surface area (Å²) < 4.78 is 2.27. The fourth-order valence-electron chi connectivity index (χ4n) is 3.48. The van der Waals surface area contributed by atoms with Crippen LogP contribution < -0.4 is 0 Å². The second kappa shape index (κ2) is 6.55. The molecular weight excluding hydrogens is 314 g/mol. The minimum Gasteiger partial charge on any atom is -0.337 e. The standard InChI is InChI=1S/C19H21N5O/c1-14-11-20-18(16-5-3-2-4-6-16)24(14)13-15-8-10-23(12-15)19(25)17-7-9-21-22-17/h2-7,9,11,15H,8,10,12-13H2,1H3,(H,21,22). The highest BCUT2D eigenvalue weighted by Gasteiger charge is 2.28. The molecule has 2 aromatic heterocycles. The summed E-state index contributed by atoms with van der Waals surface area (Å²) in [5.74, 6) is 1.46. The largest absolute Gasteiger partial charge is 0.337 e. The molecule has 0 saturated carbocycles. The maximum Gasteiger partial charge on any atom is 0.271 e. The minimum absolute atomic E-state index is 0.0330. The summed E-state index contributed by atoms with van der Waals surface area (Å²) in [6, 6.07) is 12.0. The van der Waals surface area contributed by atoms with E-state index in [1.165, 1.54) is 0 Å². The van der Waals surface area contributed by atoms with Crippen molar-refractivity contribution in [1.82, 2.24) is 24.6 Å². The second-order valence-electron chi connectivity index (χ2n) is 6.58. The van der Waals surface area contributed by atoms with Crippen molar-refractivity contribution in [2.24, 2.45) is 5.92 Å². The molecular formula is C19H21N5O. The van der Waals surface area contributed by atoms with Gasteiger partial charge in [-0.15, -0.1) is 0 Å². The smallest absolute Gasteiger partial charge is 0.271 e. The Hall–Kier alpha value is -2.89. The number of aromatic amines is 1. The first kappa shape index (κ1) is 15.6. The molecule has 25 heavy (non-hydrogen) atoms. The van der Waals surface area contributed by atoms with E-state index in [0.717, 1.165) is 43.1 Å². The molecule has 1 fully saturated rings. The number of hydrogen-bond donors (Lipinski definition) is 1. The van der Waals surface area contributed by atoms with Crippen LogP contribution in [0.2, 0.25) is 0 Å². The van der Waals surface area contributed by atoms with Crippen LogP contribution in [0.3, 0.4) is 0 Å². The topological polar surface area (TPSA) is 66.8 Å². The number of amides is 1. The van der Waals surface area contributed by atoms with Gasteiger partial charge in [0.2, 0.25) is 0 Å². The molecule has 6 nitrogen and oxygen atoms in total. The first-order chi connectivity index (χ1) is 12.2. The first-order valence-electron chi connectivity index (χ1n) is 8.58. The Balaban J connectivity index is 1.49.